The molecule has 0 saturated heterocycles. The molecule has 0 fully saturated rings. The van der Waals surface area contributed by atoms with Gasteiger partial charge in [0.1, 0.15) is 0 Å². The fraction of sp³-hybridized carbons (Fsp3) is 0.174. The van der Waals surface area contributed by atoms with Crippen molar-refractivity contribution in [1.29, 1.82) is 0 Å². The SMILES string of the molecule is CCC(NC(=O)c1ccc(NS(=O)(=O)c2ccccc2)cc1)c1ccccc1C. The lowest BCUT2D eigenvalue weighted by atomic mass is 9.99. The van der Waals surface area contributed by atoms with Crippen molar-refractivity contribution in [2.24, 2.45) is 0 Å². The third kappa shape index (κ3) is 5.03. The molecule has 5 nitrogen and oxygen atoms in total. The van der Waals surface area contributed by atoms with Gasteiger partial charge in [0.2, 0.25) is 0 Å². The normalized spacial score (nSPS) is 12.2. The molecule has 0 aliphatic heterocycles. The number of hydrogen-bond donors (Lipinski definition) is 2. The lowest BCUT2D eigenvalue weighted by Crippen LogP contribution is -2.28. The Morgan fingerprint density at radius 2 is 1.52 bits per heavy atom. The maximum atomic E-state index is 12.7. The zero-order chi connectivity index (χ0) is 20.9. The van der Waals surface area contributed by atoms with Gasteiger partial charge in [-0.05, 0) is 60.9 Å². The number of anilines is 1. The van der Waals surface area contributed by atoms with Gasteiger partial charge in [-0.1, -0.05) is 49.4 Å². The van der Waals surface area contributed by atoms with Crippen molar-refractivity contribution in [3.05, 3.63) is 95.6 Å². The van der Waals surface area contributed by atoms with E-state index in [-0.39, 0.29) is 16.8 Å². The van der Waals surface area contributed by atoms with E-state index in [4.69, 9.17) is 0 Å². The van der Waals surface area contributed by atoms with Gasteiger partial charge < -0.3 is 5.32 Å². The first-order valence-electron chi connectivity index (χ1n) is 9.45. The van der Waals surface area contributed by atoms with Crippen LogP contribution in [0.25, 0.3) is 0 Å². The number of amides is 1. The van der Waals surface area contributed by atoms with Gasteiger partial charge in [0.05, 0.1) is 10.9 Å². The largest absolute Gasteiger partial charge is 0.345 e. The highest BCUT2D eigenvalue weighted by Crippen LogP contribution is 2.21. The summed E-state index contributed by atoms with van der Waals surface area (Å²) in [7, 11) is -3.66. The number of aryl methyl sites for hydroxylation is 1. The van der Waals surface area contributed by atoms with Crippen molar-refractivity contribution in [2.45, 2.75) is 31.2 Å². The second-order valence-corrected chi connectivity index (χ2v) is 8.47. The molecule has 2 N–H and O–H groups in total. The van der Waals surface area contributed by atoms with E-state index in [9.17, 15) is 13.2 Å². The smallest absolute Gasteiger partial charge is 0.261 e. The third-order valence-corrected chi connectivity index (χ3v) is 6.13. The molecule has 3 aromatic carbocycles. The molecular formula is C23H24N2O3S. The van der Waals surface area contributed by atoms with Crippen LogP contribution in [0.3, 0.4) is 0 Å². The topological polar surface area (TPSA) is 75.3 Å². The van der Waals surface area contributed by atoms with Gasteiger partial charge in [0, 0.05) is 11.3 Å². The van der Waals surface area contributed by atoms with Crippen molar-refractivity contribution in [3.63, 3.8) is 0 Å². The van der Waals surface area contributed by atoms with Crippen LogP contribution in [0.1, 0.15) is 40.9 Å². The molecule has 0 spiro atoms. The lowest BCUT2D eigenvalue weighted by molar-refractivity contribution is 0.0935. The van der Waals surface area contributed by atoms with Crippen LogP contribution >= 0.6 is 0 Å². The number of nitrogens with one attached hydrogen (secondary N) is 2. The summed E-state index contributed by atoms with van der Waals surface area (Å²) < 4.78 is 27.3. The third-order valence-electron chi connectivity index (χ3n) is 4.73. The summed E-state index contributed by atoms with van der Waals surface area (Å²) in [5, 5.41) is 3.06. The van der Waals surface area contributed by atoms with Crippen LogP contribution in [-0.2, 0) is 10.0 Å². The minimum Gasteiger partial charge on any atom is -0.345 e. The Kier molecular flexibility index (Phi) is 6.34. The molecular weight excluding hydrogens is 384 g/mol. The Hall–Kier alpha value is -3.12. The minimum atomic E-state index is -3.66. The maximum absolute atomic E-state index is 12.7. The molecule has 0 aromatic heterocycles. The Labute approximate surface area is 171 Å². The first-order valence-corrected chi connectivity index (χ1v) is 10.9. The number of hydrogen-bond acceptors (Lipinski definition) is 3. The van der Waals surface area contributed by atoms with E-state index in [0.29, 0.717) is 11.3 Å². The number of rotatable bonds is 7. The predicted octanol–water partition coefficient (Wildman–Crippen LogP) is 4.68. The van der Waals surface area contributed by atoms with Crippen LogP contribution < -0.4 is 10.0 Å². The molecule has 0 heterocycles. The molecule has 0 saturated carbocycles. The highest BCUT2D eigenvalue weighted by atomic mass is 32.2. The first kappa shape index (κ1) is 20.6. The summed E-state index contributed by atoms with van der Waals surface area (Å²) in [5.41, 5.74) is 3.09. The van der Waals surface area contributed by atoms with E-state index in [0.717, 1.165) is 17.5 Å². The second-order valence-electron chi connectivity index (χ2n) is 6.79. The van der Waals surface area contributed by atoms with E-state index in [1.54, 1.807) is 42.5 Å². The van der Waals surface area contributed by atoms with Crippen molar-refractivity contribution in [1.82, 2.24) is 5.32 Å². The average molecular weight is 409 g/mol. The van der Waals surface area contributed by atoms with Crippen LogP contribution in [0, 0.1) is 6.92 Å². The monoisotopic (exact) mass is 408 g/mol. The van der Waals surface area contributed by atoms with Gasteiger partial charge in [-0.25, -0.2) is 8.42 Å². The predicted molar refractivity (Wildman–Crippen MR) is 115 cm³/mol. The molecule has 1 unspecified atom stereocenters. The van der Waals surface area contributed by atoms with Crippen LogP contribution in [0.4, 0.5) is 5.69 Å². The summed E-state index contributed by atoms with van der Waals surface area (Å²) in [6.45, 7) is 4.05. The Morgan fingerprint density at radius 3 is 2.14 bits per heavy atom. The maximum Gasteiger partial charge on any atom is 0.261 e. The Morgan fingerprint density at radius 1 is 0.897 bits per heavy atom. The zero-order valence-electron chi connectivity index (χ0n) is 16.4. The fourth-order valence-electron chi connectivity index (χ4n) is 3.12. The highest BCUT2D eigenvalue weighted by Gasteiger charge is 2.17. The molecule has 6 heteroatoms. The highest BCUT2D eigenvalue weighted by molar-refractivity contribution is 7.92. The Balaban J connectivity index is 1.71. The summed E-state index contributed by atoms with van der Waals surface area (Å²) in [5.74, 6) is -0.197. The molecule has 3 rings (SSSR count). The summed E-state index contributed by atoms with van der Waals surface area (Å²) >= 11 is 0. The van der Waals surface area contributed by atoms with Gasteiger partial charge >= 0.3 is 0 Å². The van der Waals surface area contributed by atoms with Gasteiger partial charge in [-0.3, -0.25) is 9.52 Å². The van der Waals surface area contributed by atoms with E-state index < -0.39 is 10.0 Å². The van der Waals surface area contributed by atoms with Crippen molar-refractivity contribution in [3.8, 4) is 0 Å². The summed E-state index contributed by atoms with van der Waals surface area (Å²) in [6, 6.07) is 22.4. The zero-order valence-corrected chi connectivity index (χ0v) is 17.2. The van der Waals surface area contributed by atoms with Gasteiger partial charge in [0.15, 0.2) is 0 Å². The quantitative estimate of drug-likeness (QED) is 0.596. The number of carbonyl (C=O) groups is 1. The van der Waals surface area contributed by atoms with Crippen LogP contribution in [0.15, 0.2) is 83.8 Å². The van der Waals surface area contributed by atoms with Crippen molar-refractivity contribution >= 4 is 21.6 Å². The minimum absolute atomic E-state index is 0.0834. The standard InChI is InChI=1S/C23H24N2O3S/c1-3-22(21-12-8-7-9-17(21)2)24-23(26)18-13-15-19(16-14-18)25-29(27,28)20-10-5-4-6-11-20/h4-16,22,25H,3H2,1-2H3,(H,24,26). The number of carbonyl (C=O) groups excluding carboxylic acids is 1. The molecule has 0 aliphatic rings. The molecule has 0 radical (unpaired) electrons. The number of sulfonamides is 1. The second kappa shape index (κ2) is 8.92. The molecule has 150 valence electrons. The summed E-state index contributed by atoms with van der Waals surface area (Å²) in [6.07, 6.45) is 0.769. The van der Waals surface area contributed by atoms with Crippen LogP contribution in [-0.4, -0.2) is 14.3 Å². The van der Waals surface area contributed by atoms with E-state index in [1.807, 2.05) is 38.1 Å². The van der Waals surface area contributed by atoms with E-state index in [2.05, 4.69) is 10.0 Å². The number of benzene rings is 3. The van der Waals surface area contributed by atoms with Gasteiger partial charge in [0.25, 0.3) is 15.9 Å². The van der Waals surface area contributed by atoms with Crippen LogP contribution in [0.5, 0.6) is 0 Å². The molecule has 0 aliphatic carbocycles. The molecule has 0 bridgehead atoms. The van der Waals surface area contributed by atoms with E-state index in [1.165, 1.54) is 12.1 Å². The fourth-order valence-corrected chi connectivity index (χ4v) is 4.20. The summed E-state index contributed by atoms with van der Waals surface area (Å²) in [4.78, 5) is 12.9. The van der Waals surface area contributed by atoms with Crippen molar-refractivity contribution in [2.75, 3.05) is 4.72 Å². The van der Waals surface area contributed by atoms with Crippen molar-refractivity contribution < 1.29 is 13.2 Å². The first-order chi connectivity index (χ1) is 13.9. The lowest BCUT2D eigenvalue weighted by Gasteiger charge is -2.19. The molecule has 1 atom stereocenters. The van der Waals surface area contributed by atoms with Crippen LogP contribution in [0.2, 0.25) is 0 Å². The van der Waals surface area contributed by atoms with E-state index >= 15 is 0 Å². The Bertz CT molecular complexity index is 1080. The van der Waals surface area contributed by atoms with Gasteiger partial charge in [-0.15, -0.1) is 0 Å². The molecule has 29 heavy (non-hydrogen) atoms. The van der Waals surface area contributed by atoms with Gasteiger partial charge in [-0.2, -0.15) is 0 Å². The molecule has 1 amide bonds. The molecule has 3 aromatic rings. The average Bonchev–Trinajstić information content (AvgIpc) is 2.73.